The van der Waals surface area contributed by atoms with E-state index in [9.17, 15) is 4.39 Å². The molecule has 82 valence electrons. The standard InChI is InChI=1S/C11H7Br2FN2/c12-8-3-4-15-6-11(8)16-10-2-1-7(14)5-9(10)13/h1-6,16H. The van der Waals surface area contributed by atoms with Gasteiger partial charge in [0.25, 0.3) is 0 Å². The largest absolute Gasteiger partial charge is 0.352 e. The summed E-state index contributed by atoms with van der Waals surface area (Å²) in [4.78, 5) is 4.01. The smallest absolute Gasteiger partial charge is 0.124 e. The highest BCUT2D eigenvalue weighted by molar-refractivity contribution is 9.11. The molecule has 1 heterocycles. The molecule has 1 N–H and O–H groups in total. The molecule has 0 bridgehead atoms. The van der Waals surface area contributed by atoms with Gasteiger partial charge in [0.2, 0.25) is 0 Å². The molecule has 0 aliphatic rings. The van der Waals surface area contributed by atoms with Gasteiger partial charge in [-0.3, -0.25) is 4.98 Å². The Kier molecular flexibility index (Phi) is 3.56. The van der Waals surface area contributed by atoms with Crippen molar-refractivity contribution >= 4 is 43.2 Å². The molecule has 0 radical (unpaired) electrons. The Labute approximate surface area is 109 Å². The quantitative estimate of drug-likeness (QED) is 0.867. The normalized spacial score (nSPS) is 10.2. The number of pyridine rings is 1. The van der Waals surface area contributed by atoms with Gasteiger partial charge in [-0.2, -0.15) is 0 Å². The van der Waals surface area contributed by atoms with Crippen LogP contribution in [0.15, 0.2) is 45.6 Å². The predicted molar refractivity (Wildman–Crippen MR) is 69.3 cm³/mol. The van der Waals surface area contributed by atoms with E-state index in [2.05, 4.69) is 42.2 Å². The van der Waals surface area contributed by atoms with Crippen LogP contribution in [0.5, 0.6) is 0 Å². The average Bonchev–Trinajstić information content (AvgIpc) is 2.25. The summed E-state index contributed by atoms with van der Waals surface area (Å²) >= 11 is 6.69. The molecule has 16 heavy (non-hydrogen) atoms. The monoisotopic (exact) mass is 344 g/mol. The molecule has 0 saturated carbocycles. The fraction of sp³-hybridized carbons (Fsp3) is 0. The molecule has 0 amide bonds. The lowest BCUT2D eigenvalue weighted by Crippen LogP contribution is -1.93. The maximum absolute atomic E-state index is 12.9. The number of halogens is 3. The van der Waals surface area contributed by atoms with E-state index in [0.29, 0.717) is 4.47 Å². The summed E-state index contributed by atoms with van der Waals surface area (Å²) in [6, 6.07) is 6.31. The molecule has 0 unspecified atom stereocenters. The zero-order valence-electron chi connectivity index (χ0n) is 8.05. The lowest BCUT2D eigenvalue weighted by Gasteiger charge is -2.09. The van der Waals surface area contributed by atoms with Crippen LogP contribution in [0, 0.1) is 5.82 Å². The molecule has 0 spiro atoms. The fourth-order valence-electron chi connectivity index (χ4n) is 1.21. The second kappa shape index (κ2) is 4.93. The predicted octanol–water partition coefficient (Wildman–Crippen LogP) is 4.49. The van der Waals surface area contributed by atoms with Crippen LogP contribution in [0.1, 0.15) is 0 Å². The van der Waals surface area contributed by atoms with Crippen molar-refractivity contribution in [3.05, 3.63) is 51.4 Å². The summed E-state index contributed by atoms with van der Waals surface area (Å²) in [7, 11) is 0. The molecule has 2 rings (SSSR count). The molecule has 2 nitrogen and oxygen atoms in total. The lowest BCUT2D eigenvalue weighted by molar-refractivity contribution is 0.627. The summed E-state index contributed by atoms with van der Waals surface area (Å²) < 4.78 is 14.5. The van der Waals surface area contributed by atoms with Crippen LogP contribution in [-0.4, -0.2) is 4.98 Å². The van der Waals surface area contributed by atoms with Crippen LogP contribution in [0.25, 0.3) is 0 Å². The number of aromatic nitrogens is 1. The number of nitrogens with zero attached hydrogens (tertiary/aromatic N) is 1. The third kappa shape index (κ3) is 2.59. The molecule has 0 fully saturated rings. The number of anilines is 2. The second-order valence-electron chi connectivity index (χ2n) is 3.10. The van der Waals surface area contributed by atoms with E-state index < -0.39 is 0 Å². The minimum atomic E-state index is -0.275. The summed E-state index contributed by atoms with van der Waals surface area (Å²) in [6.07, 6.45) is 3.38. The molecule has 0 aliphatic carbocycles. The Morgan fingerprint density at radius 1 is 1.06 bits per heavy atom. The van der Waals surface area contributed by atoms with Gasteiger partial charge in [-0.1, -0.05) is 0 Å². The molecule has 1 aromatic carbocycles. The minimum Gasteiger partial charge on any atom is -0.352 e. The van der Waals surface area contributed by atoms with E-state index in [1.54, 1.807) is 18.5 Å². The number of hydrogen-bond acceptors (Lipinski definition) is 2. The van der Waals surface area contributed by atoms with Gasteiger partial charge in [0.15, 0.2) is 0 Å². The Morgan fingerprint density at radius 3 is 2.56 bits per heavy atom. The molecule has 5 heteroatoms. The fourth-order valence-corrected chi connectivity index (χ4v) is 1.98. The Morgan fingerprint density at radius 2 is 1.88 bits per heavy atom. The minimum absolute atomic E-state index is 0.275. The zero-order valence-corrected chi connectivity index (χ0v) is 11.2. The van der Waals surface area contributed by atoms with Crippen molar-refractivity contribution in [2.45, 2.75) is 0 Å². The molecule has 0 aliphatic heterocycles. The Balaban J connectivity index is 2.31. The van der Waals surface area contributed by atoms with Crippen LogP contribution in [-0.2, 0) is 0 Å². The van der Waals surface area contributed by atoms with Gasteiger partial charge in [0.05, 0.1) is 17.6 Å². The first-order valence-electron chi connectivity index (χ1n) is 4.48. The number of benzene rings is 1. The van der Waals surface area contributed by atoms with Crippen molar-refractivity contribution in [2.24, 2.45) is 0 Å². The van der Waals surface area contributed by atoms with Gasteiger partial charge in [-0.25, -0.2) is 4.39 Å². The topological polar surface area (TPSA) is 24.9 Å². The first-order valence-corrected chi connectivity index (χ1v) is 6.07. The van der Waals surface area contributed by atoms with Crippen molar-refractivity contribution in [2.75, 3.05) is 5.32 Å². The Bertz CT molecular complexity index is 517. The average molecular weight is 346 g/mol. The van der Waals surface area contributed by atoms with Crippen LogP contribution < -0.4 is 5.32 Å². The van der Waals surface area contributed by atoms with E-state index in [1.165, 1.54) is 12.1 Å². The molecular weight excluding hydrogens is 339 g/mol. The van der Waals surface area contributed by atoms with Crippen molar-refractivity contribution in [1.29, 1.82) is 0 Å². The maximum Gasteiger partial charge on any atom is 0.124 e. The molecule has 1 aromatic heterocycles. The van der Waals surface area contributed by atoms with Crippen molar-refractivity contribution in [3.8, 4) is 0 Å². The van der Waals surface area contributed by atoms with Gasteiger partial charge in [0, 0.05) is 15.1 Å². The molecule has 2 aromatic rings. The first-order chi connectivity index (χ1) is 7.66. The molecule has 0 saturated heterocycles. The van der Waals surface area contributed by atoms with Gasteiger partial charge in [0.1, 0.15) is 5.82 Å². The van der Waals surface area contributed by atoms with Crippen LogP contribution in [0.2, 0.25) is 0 Å². The van der Waals surface area contributed by atoms with Gasteiger partial charge < -0.3 is 5.32 Å². The summed E-state index contributed by atoms with van der Waals surface area (Å²) in [5, 5.41) is 3.14. The van der Waals surface area contributed by atoms with E-state index in [-0.39, 0.29) is 5.82 Å². The van der Waals surface area contributed by atoms with Crippen LogP contribution >= 0.6 is 31.9 Å². The van der Waals surface area contributed by atoms with E-state index in [1.807, 2.05) is 6.07 Å². The third-order valence-corrected chi connectivity index (χ3v) is 3.32. The second-order valence-corrected chi connectivity index (χ2v) is 4.81. The van der Waals surface area contributed by atoms with Crippen LogP contribution in [0.4, 0.5) is 15.8 Å². The Hall–Kier alpha value is -0.940. The van der Waals surface area contributed by atoms with E-state index >= 15 is 0 Å². The molecule has 0 atom stereocenters. The van der Waals surface area contributed by atoms with Crippen molar-refractivity contribution in [3.63, 3.8) is 0 Å². The van der Waals surface area contributed by atoms with Crippen LogP contribution in [0.3, 0.4) is 0 Å². The first kappa shape index (κ1) is 11.5. The van der Waals surface area contributed by atoms with Gasteiger partial charge >= 0.3 is 0 Å². The molecular formula is C11H7Br2FN2. The highest BCUT2D eigenvalue weighted by Gasteiger charge is 2.04. The summed E-state index contributed by atoms with van der Waals surface area (Å²) in [5.74, 6) is -0.275. The van der Waals surface area contributed by atoms with E-state index in [0.717, 1.165) is 15.8 Å². The van der Waals surface area contributed by atoms with Crippen molar-refractivity contribution in [1.82, 2.24) is 4.98 Å². The number of hydrogen-bond donors (Lipinski definition) is 1. The third-order valence-electron chi connectivity index (χ3n) is 1.97. The highest BCUT2D eigenvalue weighted by atomic mass is 79.9. The SMILES string of the molecule is Fc1ccc(Nc2cnccc2Br)c(Br)c1. The van der Waals surface area contributed by atoms with E-state index in [4.69, 9.17) is 0 Å². The summed E-state index contributed by atoms with van der Waals surface area (Å²) in [5.41, 5.74) is 1.62. The zero-order chi connectivity index (χ0) is 11.5. The highest BCUT2D eigenvalue weighted by Crippen LogP contribution is 2.29. The van der Waals surface area contributed by atoms with Gasteiger partial charge in [-0.05, 0) is 56.1 Å². The maximum atomic E-state index is 12.9. The van der Waals surface area contributed by atoms with Gasteiger partial charge in [-0.15, -0.1) is 0 Å². The lowest BCUT2D eigenvalue weighted by atomic mass is 10.3. The summed E-state index contributed by atoms with van der Waals surface area (Å²) in [6.45, 7) is 0. The van der Waals surface area contributed by atoms with Crippen molar-refractivity contribution < 1.29 is 4.39 Å². The number of nitrogens with one attached hydrogen (secondary N) is 1. The number of rotatable bonds is 2.